The zero-order valence-electron chi connectivity index (χ0n) is 17.4. The van der Waals surface area contributed by atoms with Crippen molar-refractivity contribution in [3.8, 4) is 0 Å². The Morgan fingerprint density at radius 1 is 1.45 bits per heavy atom. The van der Waals surface area contributed by atoms with Crippen molar-refractivity contribution >= 4 is 29.2 Å². The molecule has 0 aliphatic carbocycles. The van der Waals surface area contributed by atoms with Gasteiger partial charge in [-0.1, -0.05) is 25.4 Å². The van der Waals surface area contributed by atoms with E-state index in [1.807, 2.05) is 0 Å². The second-order valence-electron chi connectivity index (χ2n) is 8.78. The first kappa shape index (κ1) is 21.5. The van der Waals surface area contributed by atoms with Crippen LogP contribution < -0.4 is 5.32 Å². The number of hydrogen-bond acceptors (Lipinski definition) is 6. The largest absolute Gasteiger partial charge is 0.444 e. The lowest BCUT2D eigenvalue weighted by molar-refractivity contribution is 0.0125. The molecule has 3 heterocycles. The first-order valence-electron chi connectivity index (χ1n) is 9.82. The molecule has 2 atom stereocenters. The molecule has 0 unspecified atom stereocenters. The average Bonchev–Trinajstić information content (AvgIpc) is 2.90. The lowest BCUT2D eigenvalue weighted by Crippen LogP contribution is -2.51. The first-order valence-corrected chi connectivity index (χ1v) is 10.2. The molecule has 0 radical (unpaired) electrons. The number of piperidine rings is 1. The van der Waals surface area contributed by atoms with Gasteiger partial charge in [-0.05, 0) is 33.1 Å². The summed E-state index contributed by atoms with van der Waals surface area (Å²) in [6.07, 6.45) is 0.951. The third-order valence-corrected chi connectivity index (χ3v) is 4.79. The van der Waals surface area contributed by atoms with Crippen molar-refractivity contribution < 1.29 is 13.9 Å². The summed E-state index contributed by atoms with van der Waals surface area (Å²) in [4.78, 5) is 22.2. The molecule has 2 aromatic heterocycles. The Bertz CT molecular complexity index is 881. The monoisotopic (exact) mass is 426 g/mol. The van der Waals surface area contributed by atoms with Gasteiger partial charge in [-0.2, -0.15) is 0 Å². The normalized spacial score (nSPS) is 20.3. The number of aromatic nitrogens is 4. The molecule has 0 saturated carbocycles. The Kier molecular flexibility index (Phi) is 6.16. The minimum atomic E-state index is -1.27. The van der Waals surface area contributed by atoms with Gasteiger partial charge in [0, 0.05) is 13.0 Å². The van der Waals surface area contributed by atoms with Crippen molar-refractivity contribution in [3.05, 3.63) is 17.2 Å². The number of carbonyl (C=O) groups excluding carboxylic acids is 1. The van der Waals surface area contributed by atoms with Gasteiger partial charge in [0.05, 0.1) is 18.8 Å². The molecule has 1 amide bonds. The van der Waals surface area contributed by atoms with Gasteiger partial charge in [0.15, 0.2) is 5.15 Å². The molecular weight excluding hydrogens is 399 g/mol. The molecule has 0 aromatic carbocycles. The molecule has 29 heavy (non-hydrogen) atoms. The van der Waals surface area contributed by atoms with E-state index < -0.39 is 23.9 Å². The molecule has 3 rings (SSSR count). The predicted octanol–water partition coefficient (Wildman–Crippen LogP) is 3.74. The molecule has 10 heteroatoms. The summed E-state index contributed by atoms with van der Waals surface area (Å²) in [7, 11) is 0. The number of fused-ring (bicyclic) bond motifs is 1. The number of alkyl halides is 1. The Morgan fingerprint density at radius 3 is 2.79 bits per heavy atom. The molecule has 1 fully saturated rings. The van der Waals surface area contributed by atoms with E-state index in [9.17, 15) is 9.18 Å². The number of imidazole rings is 1. The van der Waals surface area contributed by atoms with Crippen LogP contribution in [0.4, 0.5) is 15.1 Å². The SMILES string of the molecule is CC(C)Cc1nc(Cl)c2cnc(N[C@@H]3CCN(C(=O)OC(C)(C)C)C[C@@H]3F)nn12. The van der Waals surface area contributed by atoms with Crippen molar-refractivity contribution in [2.45, 2.75) is 65.3 Å². The number of ether oxygens (including phenoxy) is 1. The Balaban J connectivity index is 1.69. The van der Waals surface area contributed by atoms with Gasteiger partial charge >= 0.3 is 6.09 Å². The van der Waals surface area contributed by atoms with Crippen LogP contribution in [0.15, 0.2) is 6.20 Å². The molecule has 2 aromatic rings. The summed E-state index contributed by atoms with van der Waals surface area (Å²) in [5.74, 6) is 1.42. The van der Waals surface area contributed by atoms with E-state index in [1.165, 1.54) is 4.90 Å². The van der Waals surface area contributed by atoms with Crippen molar-refractivity contribution in [1.29, 1.82) is 0 Å². The van der Waals surface area contributed by atoms with E-state index >= 15 is 0 Å². The van der Waals surface area contributed by atoms with Crippen LogP contribution in [0.5, 0.6) is 0 Å². The van der Waals surface area contributed by atoms with Crippen LogP contribution in [0.25, 0.3) is 5.52 Å². The molecule has 0 spiro atoms. The predicted molar refractivity (Wildman–Crippen MR) is 109 cm³/mol. The number of nitrogens with one attached hydrogen (secondary N) is 1. The third kappa shape index (κ3) is 5.26. The second-order valence-corrected chi connectivity index (χ2v) is 9.14. The van der Waals surface area contributed by atoms with Crippen molar-refractivity contribution in [2.75, 3.05) is 18.4 Å². The van der Waals surface area contributed by atoms with E-state index in [0.29, 0.717) is 41.9 Å². The molecule has 1 N–H and O–H groups in total. The number of hydrogen-bond donors (Lipinski definition) is 1. The van der Waals surface area contributed by atoms with E-state index in [4.69, 9.17) is 16.3 Å². The molecule has 1 saturated heterocycles. The Hall–Kier alpha value is -2.16. The Morgan fingerprint density at radius 2 is 2.17 bits per heavy atom. The van der Waals surface area contributed by atoms with Gasteiger partial charge in [0.2, 0.25) is 5.95 Å². The maximum Gasteiger partial charge on any atom is 0.410 e. The number of anilines is 1. The summed E-state index contributed by atoms with van der Waals surface area (Å²) >= 11 is 6.18. The van der Waals surface area contributed by atoms with Crippen molar-refractivity contribution in [1.82, 2.24) is 24.5 Å². The number of likely N-dealkylation sites (tertiary alicyclic amines) is 1. The number of nitrogens with zero attached hydrogens (tertiary/aromatic N) is 5. The number of carbonyl (C=O) groups is 1. The van der Waals surface area contributed by atoms with Crippen LogP contribution in [0.2, 0.25) is 5.15 Å². The van der Waals surface area contributed by atoms with Gasteiger partial charge in [-0.3, -0.25) is 0 Å². The summed E-state index contributed by atoms with van der Waals surface area (Å²) in [6.45, 7) is 9.89. The fraction of sp³-hybridized carbons (Fsp3) is 0.684. The molecular formula is C19H28ClFN6O2. The molecule has 0 bridgehead atoms. The van der Waals surface area contributed by atoms with Crippen LogP contribution in [0, 0.1) is 5.92 Å². The highest BCUT2D eigenvalue weighted by molar-refractivity contribution is 6.32. The summed E-state index contributed by atoms with van der Waals surface area (Å²) in [5.41, 5.74) is 0.00509. The molecule has 1 aliphatic heterocycles. The van der Waals surface area contributed by atoms with E-state index in [1.54, 1.807) is 31.5 Å². The standard InChI is InChI=1S/C19H28ClFN6O2/c1-11(2)8-15-24-16(20)14-9-22-17(25-27(14)15)23-13-6-7-26(10-12(13)21)18(28)29-19(3,4)5/h9,11-13H,6-8,10H2,1-5H3,(H,23,25)/t12-,13+/m0/s1. The fourth-order valence-electron chi connectivity index (χ4n) is 3.20. The van der Waals surface area contributed by atoms with Crippen LogP contribution >= 0.6 is 11.6 Å². The zero-order chi connectivity index (χ0) is 21.3. The van der Waals surface area contributed by atoms with Crippen LogP contribution in [-0.4, -0.2) is 61.5 Å². The van der Waals surface area contributed by atoms with Crippen LogP contribution in [0.3, 0.4) is 0 Å². The maximum absolute atomic E-state index is 14.7. The highest BCUT2D eigenvalue weighted by atomic mass is 35.5. The lowest BCUT2D eigenvalue weighted by atomic mass is 10.0. The molecule has 8 nitrogen and oxygen atoms in total. The quantitative estimate of drug-likeness (QED) is 0.801. The van der Waals surface area contributed by atoms with Crippen LogP contribution in [-0.2, 0) is 11.2 Å². The highest BCUT2D eigenvalue weighted by Gasteiger charge is 2.34. The van der Waals surface area contributed by atoms with Gasteiger partial charge in [-0.25, -0.2) is 23.7 Å². The topological polar surface area (TPSA) is 84.7 Å². The Labute approximate surface area is 174 Å². The smallest absolute Gasteiger partial charge is 0.410 e. The minimum Gasteiger partial charge on any atom is -0.444 e. The van der Waals surface area contributed by atoms with E-state index in [0.717, 1.165) is 5.82 Å². The summed E-state index contributed by atoms with van der Waals surface area (Å²) < 4.78 is 21.7. The van der Waals surface area contributed by atoms with Crippen molar-refractivity contribution in [2.24, 2.45) is 5.92 Å². The number of halogens is 2. The lowest BCUT2D eigenvalue weighted by Gasteiger charge is -2.35. The van der Waals surface area contributed by atoms with Crippen molar-refractivity contribution in [3.63, 3.8) is 0 Å². The van der Waals surface area contributed by atoms with Gasteiger partial charge in [0.1, 0.15) is 23.1 Å². The van der Waals surface area contributed by atoms with Gasteiger partial charge in [0.25, 0.3) is 0 Å². The molecule has 1 aliphatic rings. The molecule has 160 valence electrons. The summed E-state index contributed by atoms with van der Waals surface area (Å²) in [5, 5.41) is 7.86. The first-order chi connectivity index (χ1) is 13.5. The number of amides is 1. The second kappa shape index (κ2) is 8.30. The third-order valence-electron chi connectivity index (χ3n) is 4.51. The minimum absolute atomic E-state index is 0.0374. The van der Waals surface area contributed by atoms with Crippen LogP contribution in [0.1, 0.15) is 46.9 Å². The average molecular weight is 427 g/mol. The van der Waals surface area contributed by atoms with E-state index in [-0.39, 0.29) is 6.54 Å². The zero-order valence-corrected chi connectivity index (χ0v) is 18.2. The summed E-state index contributed by atoms with van der Waals surface area (Å²) in [6, 6.07) is -0.501. The fourth-order valence-corrected chi connectivity index (χ4v) is 3.42. The van der Waals surface area contributed by atoms with Gasteiger partial charge in [-0.15, -0.1) is 5.10 Å². The maximum atomic E-state index is 14.7. The highest BCUT2D eigenvalue weighted by Crippen LogP contribution is 2.22. The number of rotatable bonds is 4. The van der Waals surface area contributed by atoms with Gasteiger partial charge < -0.3 is 15.0 Å². The van der Waals surface area contributed by atoms with E-state index in [2.05, 4.69) is 34.2 Å².